The van der Waals surface area contributed by atoms with Crippen molar-refractivity contribution in [3.8, 4) is 0 Å². The number of aryl methyl sites for hydroxylation is 1. The van der Waals surface area contributed by atoms with E-state index in [1.54, 1.807) is 14.2 Å². The van der Waals surface area contributed by atoms with Crippen LogP contribution >= 0.6 is 0 Å². The van der Waals surface area contributed by atoms with Gasteiger partial charge >= 0.3 is 0 Å². The minimum atomic E-state index is -0.317. The molecule has 0 spiro atoms. The van der Waals surface area contributed by atoms with Gasteiger partial charge in [0.15, 0.2) is 0 Å². The number of methoxy groups -OCH3 is 2. The molecule has 0 unspecified atom stereocenters. The average Bonchev–Trinajstić information content (AvgIpc) is 3.08. The van der Waals surface area contributed by atoms with E-state index in [0.717, 1.165) is 24.8 Å². The molecule has 2 aromatic carbocycles. The lowest BCUT2D eigenvalue weighted by Crippen LogP contribution is -2.37. The third-order valence-corrected chi connectivity index (χ3v) is 5.58. The Kier molecular flexibility index (Phi) is 8.59. The number of carbonyl (C=O) groups is 2. The fourth-order valence-corrected chi connectivity index (χ4v) is 3.84. The molecule has 0 aromatic heterocycles. The molecule has 0 N–H and O–H groups in total. The highest BCUT2D eigenvalue weighted by molar-refractivity contribution is 6.45. The lowest BCUT2D eigenvalue weighted by Gasteiger charge is -2.25. The van der Waals surface area contributed by atoms with E-state index in [1.165, 1.54) is 10.5 Å². The van der Waals surface area contributed by atoms with Crippen LogP contribution in [-0.4, -0.2) is 57.2 Å². The number of hydrogen-bond donors (Lipinski definition) is 0. The van der Waals surface area contributed by atoms with Crippen LogP contribution in [0.25, 0.3) is 5.57 Å². The second-order valence-electron chi connectivity index (χ2n) is 7.78. The lowest BCUT2D eigenvalue weighted by molar-refractivity contribution is -0.120. The molecule has 2 aromatic rings. The molecule has 0 fully saturated rings. The molecule has 0 saturated carbocycles. The van der Waals surface area contributed by atoms with Gasteiger partial charge in [0.05, 0.1) is 24.5 Å². The number of benzene rings is 2. The molecule has 0 saturated heterocycles. The summed E-state index contributed by atoms with van der Waals surface area (Å²) in [6.07, 6.45) is 3.22. The number of unbranched alkanes of at least 4 members (excludes halogenated alkanes) is 1. The first kappa shape index (κ1) is 23.7. The van der Waals surface area contributed by atoms with Crippen LogP contribution in [0.1, 0.15) is 30.9 Å². The summed E-state index contributed by atoms with van der Waals surface area (Å²) < 4.78 is 10.5. The first-order valence-corrected chi connectivity index (χ1v) is 11.1. The fourth-order valence-electron chi connectivity index (χ4n) is 3.84. The summed E-state index contributed by atoms with van der Waals surface area (Å²) >= 11 is 0. The molecule has 170 valence electrons. The number of anilines is 1. The van der Waals surface area contributed by atoms with E-state index in [-0.39, 0.29) is 11.8 Å². The van der Waals surface area contributed by atoms with Gasteiger partial charge in [0.25, 0.3) is 11.8 Å². The molecule has 0 radical (unpaired) electrons. The minimum absolute atomic E-state index is 0.308. The van der Waals surface area contributed by atoms with Crippen LogP contribution in [0, 0.1) is 0 Å². The van der Waals surface area contributed by atoms with Crippen molar-refractivity contribution in [2.75, 3.05) is 45.4 Å². The van der Waals surface area contributed by atoms with Crippen LogP contribution in [-0.2, 0) is 25.5 Å². The monoisotopic (exact) mass is 436 g/mol. The maximum atomic E-state index is 13.6. The Hall–Kier alpha value is -2.96. The Balaban J connectivity index is 2.01. The zero-order valence-corrected chi connectivity index (χ0v) is 19.2. The molecular formula is C26H32N2O4. The highest BCUT2D eigenvalue weighted by Crippen LogP contribution is 2.34. The average molecular weight is 437 g/mol. The van der Waals surface area contributed by atoms with Crippen LogP contribution < -0.4 is 4.90 Å². The van der Waals surface area contributed by atoms with Gasteiger partial charge in [-0.25, -0.2) is 4.90 Å². The molecule has 1 aliphatic rings. The Labute approximate surface area is 190 Å². The van der Waals surface area contributed by atoms with E-state index in [2.05, 4.69) is 6.92 Å². The molecule has 3 rings (SSSR count). The molecule has 0 bridgehead atoms. The van der Waals surface area contributed by atoms with Crippen LogP contribution in [0.4, 0.5) is 5.69 Å². The third kappa shape index (κ3) is 5.26. The van der Waals surface area contributed by atoms with Gasteiger partial charge in [-0.2, -0.15) is 0 Å². The first-order chi connectivity index (χ1) is 15.6. The normalized spacial score (nSPS) is 13.9. The van der Waals surface area contributed by atoms with Crippen molar-refractivity contribution in [2.45, 2.75) is 26.2 Å². The molecule has 2 amide bonds. The lowest BCUT2D eigenvalue weighted by atomic mass is 10.0. The summed E-state index contributed by atoms with van der Waals surface area (Å²) in [7, 11) is 3.24. The SMILES string of the molecule is CCCCc1ccc(N2C(=O)C(c3ccccc3)=C(N(CCOC)CCOC)C2=O)cc1. The van der Waals surface area contributed by atoms with Crippen molar-refractivity contribution < 1.29 is 19.1 Å². The van der Waals surface area contributed by atoms with Crippen LogP contribution in [0.5, 0.6) is 0 Å². The van der Waals surface area contributed by atoms with Gasteiger partial charge in [-0.1, -0.05) is 55.8 Å². The van der Waals surface area contributed by atoms with E-state index in [0.29, 0.717) is 43.3 Å². The second kappa shape index (κ2) is 11.6. The molecule has 32 heavy (non-hydrogen) atoms. The summed E-state index contributed by atoms with van der Waals surface area (Å²) in [5.41, 5.74) is 3.32. The largest absolute Gasteiger partial charge is 0.383 e. The van der Waals surface area contributed by atoms with E-state index >= 15 is 0 Å². The van der Waals surface area contributed by atoms with Crippen molar-refractivity contribution in [3.63, 3.8) is 0 Å². The highest BCUT2D eigenvalue weighted by Gasteiger charge is 2.42. The number of imide groups is 1. The van der Waals surface area contributed by atoms with Crippen LogP contribution in [0.15, 0.2) is 60.3 Å². The number of rotatable bonds is 12. The van der Waals surface area contributed by atoms with Crippen molar-refractivity contribution in [2.24, 2.45) is 0 Å². The molecule has 1 aliphatic heterocycles. The Morgan fingerprint density at radius 1 is 0.844 bits per heavy atom. The topological polar surface area (TPSA) is 59.1 Å². The van der Waals surface area contributed by atoms with Gasteiger partial charge < -0.3 is 14.4 Å². The predicted molar refractivity (Wildman–Crippen MR) is 126 cm³/mol. The molecular weight excluding hydrogens is 404 g/mol. The fraction of sp³-hybridized carbons (Fsp3) is 0.385. The van der Waals surface area contributed by atoms with Crippen molar-refractivity contribution in [1.29, 1.82) is 0 Å². The standard InChI is InChI=1S/C26H32N2O4/c1-4-5-9-20-12-14-22(15-13-20)28-25(29)23(21-10-7-6-8-11-21)24(26(28)30)27(16-18-31-2)17-19-32-3/h6-8,10-15H,4-5,9,16-19H2,1-3H3. The van der Waals surface area contributed by atoms with Crippen LogP contribution in [0.3, 0.4) is 0 Å². The first-order valence-electron chi connectivity index (χ1n) is 11.1. The summed E-state index contributed by atoms with van der Waals surface area (Å²) in [6.45, 7) is 3.99. The number of hydrogen-bond acceptors (Lipinski definition) is 5. The summed E-state index contributed by atoms with van der Waals surface area (Å²) in [6, 6.07) is 17.1. The van der Waals surface area contributed by atoms with Crippen LogP contribution in [0.2, 0.25) is 0 Å². The molecule has 6 heteroatoms. The van der Waals surface area contributed by atoms with E-state index in [4.69, 9.17) is 9.47 Å². The molecule has 0 aliphatic carbocycles. The number of nitrogens with zero attached hydrogens (tertiary/aromatic N) is 2. The van der Waals surface area contributed by atoms with Gasteiger partial charge in [-0.05, 0) is 36.1 Å². The molecule has 6 nitrogen and oxygen atoms in total. The minimum Gasteiger partial charge on any atom is -0.383 e. The van der Waals surface area contributed by atoms with E-state index in [9.17, 15) is 9.59 Å². The third-order valence-electron chi connectivity index (χ3n) is 5.58. The second-order valence-corrected chi connectivity index (χ2v) is 7.78. The Morgan fingerprint density at radius 2 is 1.47 bits per heavy atom. The van der Waals surface area contributed by atoms with E-state index < -0.39 is 0 Å². The predicted octanol–water partition coefficient (Wildman–Crippen LogP) is 3.91. The van der Waals surface area contributed by atoms with Crippen molar-refractivity contribution in [3.05, 3.63) is 71.4 Å². The van der Waals surface area contributed by atoms with Gasteiger partial charge in [0.1, 0.15) is 5.70 Å². The summed E-state index contributed by atoms with van der Waals surface area (Å²) in [4.78, 5) is 30.4. The number of amides is 2. The van der Waals surface area contributed by atoms with Gasteiger partial charge in [0, 0.05) is 27.3 Å². The van der Waals surface area contributed by atoms with Crippen molar-refractivity contribution >= 4 is 23.1 Å². The smallest absolute Gasteiger partial charge is 0.282 e. The summed E-state index contributed by atoms with van der Waals surface area (Å²) in [5.74, 6) is -0.625. The van der Waals surface area contributed by atoms with Crippen molar-refractivity contribution in [1.82, 2.24) is 4.90 Å². The number of ether oxygens (including phenoxy) is 2. The zero-order chi connectivity index (χ0) is 22.9. The van der Waals surface area contributed by atoms with Gasteiger partial charge in [0.2, 0.25) is 0 Å². The Morgan fingerprint density at radius 3 is 2.03 bits per heavy atom. The maximum Gasteiger partial charge on any atom is 0.282 e. The maximum absolute atomic E-state index is 13.6. The highest BCUT2D eigenvalue weighted by atomic mass is 16.5. The Bertz CT molecular complexity index is 930. The zero-order valence-electron chi connectivity index (χ0n) is 19.2. The summed E-state index contributed by atoms with van der Waals surface area (Å²) in [5, 5.41) is 0. The van der Waals surface area contributed by atoms with E-state index in [1.807, 2.05) is 59.5 Å². The molecule has 0 atom stereocenters. The molecule has 1 heterocycles. The quantitative estimate of drug-likeness (QED) is 0.472. The van der Waals surface area contributed by atoms with Gasteiger partial charge in [-0.15, -0.1) is 0 Å². The number of carbonyl (C=O) groups excluding carboxylic acids is 2. The van der Waals surface area contributed by atoms with Gasteiger partial charge in [-0.3, -0.25) is 9.59 Å².